The summed E-state index contributed by atoms with van der Waals surface area (Å²) in [6.07, 6.45) is 5.53. The van der Waals surface area contributed by atoms with Gasteiger partial charge in [0.25, 0.3) is 0 Å². The molecule has 7 nitrogen and oxygen atoms in total. The zero-order chi connectivity index (χ0) is 18.4. The molecule has 2 rings (SSSR count). The zero-order valence-electron chi connectivity index (χ0n) is 15.2. The Hall–Kier alpha value is -1.19. The minimum absolute atomic E-state index is 0.00537. The molecule has 1 aliphatic heterocycles. The van der Waals surface area contributed by atoms with E-state index in [2.05, 4.69) is 10.3 Å². The summed E-state index contributed by atoms with van der Waals surface area (Å²) in [5.74, 6) is 0. The summed E-state index contributed by atoms with van der Waals surface area (Å²) in [5.41, 5.74) is 2.85. The fourth-order valence-corrected chi connectivity index (χ4v) is 5.10. The van der Waals surface area contributed by atoms with E-state index in [1.54, 1.807) is 27.6 Å². The fourth-order valence-electron chi connectivity index (χ4n) is 3.12. The van der Waals surface area contributed by atoms with Crippen molar-refractivity contribution in [2.24, 2.45) is 0 Å². The number of nitrogens with one attached hydrogen (secondary N) is 1. The summed E-state index contributed by atoms with van der Waals surface area (Å²) in [7, 11) is -1.40. The summed E-state index contributed by atoms with van der Waals surface area (Å²) >= 11 is 1.61. The molecule has 0 aromatic carbocycles. The van der Waals surface area contributed by atoms with Crippen LogP contribution in [0.3, 0.4) is 0 Å². The van der Waals surface area contributed by atoms with Crippen LogP contribution in [0.5, 0.6) is 0 Å². The van der Waals surface area contributed by atoms with Gasteiger partial charge in [0.1, 0.15) is 0 Å². The van der Waals surface area contributed by atoms with Crippen molar-refractivity contribution in [2.45, 2.75) is 45.1 Å². The first kappa shape index (κ1) is 20.1. The first-order valence-electron chi connectivity index (χ1n) is 8.63. The molecule has 2 heterocycles. The molecule has 0 spiro atoms. The predicted molar refractivity (Wildman–Crippen MR) is 100 cm³/mol. The lowest BCUT2D eigenvalue weighted by Crippen LogP contribution is -2.45. The number of amides is 2. The lowest BCUT2D eigenvalue weighted by atomic mass is 10.0. The quantitative estimate of drug-likeness (QED) is 0.773. The van der Waals surface area contributed by atoms with E-state index in [0.29, 0.717) is 26.1 Å². The van der Waals surface area contributed by atoms with E-state index in [0.717, 1.165) is 31.4 Å². The van der Waals surface area contributed by atoms with Crippen LogP contribution in [0, 0.1) is 6.92 Å². The second-order valence-electron chi connectivity index (χ2n) is 6.58. The van der Waals surface area contributed by atoms with Crippen LogP contribution in [0.4, 0.5) is 4.79 Å². The minimum Gasteiger partial charge on any atom is -0.338 e. The minimum atomic E-state index is -3.17. The van der Waals surface area contributed by atoms with Crippen LogP contribution in [0.15, 0.2) is 5.51 Å². The Morgan fingerprint density at radius 3 is 2.88 bits per heavy atom. The number of hydrogen-bond acceptors (Lipinski definition) is 5. The van der Waals surface area contributed by atoms with Crippen LogP contribution >= 0.6 is 11.3 Å². The van der Waals surface area contributed by atoms with E-state index in [4.69, 9.17) is 0 Å². The second-order valence-corrected chi connectivity index (χ2v) is 9.45. The Morgan fingerprint density at radius 2 is 2.24 bits per heavy atom. The number of nitrogens with zero attached hydrogens (tertiary/aromatic N) is 3. The normalized spacial score (nSPS) is 18.9. The van der Waals surface area contributed by atoms with Gasteiger partial charge in [-0.1, -0.05) is 6.42 Å². The summed E-state index contributed by atoms with van der Waals surface area (Å²) in [6, 6.07) is -0.127. The van der Waals surface area contributed by atoms with Gasteiger partial charge >= 0.3 is 6.03 Å². The Balaban J connectivity index is 1.74. The number of hydrogen-bond donors (Lipinski definition) is 1. The lowest BCUT2D eigenvalue weighted by molar-refractivity contribution is 0.205. The van der Waals surface area contributed by atoms with Gasteiger partial charge in [0, 0.05) is 44.0 Å². The fraction of sp³-hybridized carbons (Fsp3) is 0.750. The van der Waals surface area contributed by atoms with Gasteiger partial charge in [-0.25, -0.2) is 18.2 Å². The Labute approximate surface area is 154 Å². The largest absolute Gasteiger partial charge is 0.338 e. The molecule has 0 aliphatic carbocycles. The monoisotopic (exact) mass is 388 g/mol. The molecule has 1 aromatic rings. The maximum atomic E-state index is 12.2. The first-order chi connectivity index (χ1) is 11.8. The van der Waals surface area contributed by atoms with Crippen molar-refractivity contribution in [3.63, 3.8) is 0 Å². The van der Waals surface area contributed by atoms with Gasteiger partial charge in [-0.15, -0.1) is 11.3 Å². The van der Waals surface area contributed by atoms with Crippen molar-refractivity contribution in [3.8, 4) is 0 Å². The summed E-state index contributed by atoms with van der Waals surface area (Å²) in [4.78, 5) is 19.3. The number of carbonyl (C=O) groups is 1. The molecule has 1 aromatic heterocycles. The number of aromatic nitrogens is 1. The molecule has 142 valence electrons. The third kappa shape index (κ3) is 5.93. The van der Waals surface area contributed by atoms with Crippen molar-refractivity contribution < 1.29 is 13.2 Å². The van der Waals surface area contributed by atoms with Crippen LogP contribution in [0.25, 0.3) is 0 Å². The highest BCUT2D eigenvalue weighted by atomic mass is 32.2. The van der Waals surface area contributed by atoms with Gasteiger partial charge in [-0.05, 0) is 26.2 Å². The van der Waals surface area contributed by atoms with E-state index in [-0.39, 0.29) is 12.1 Å². The van der Waals surface area contributed by atoms with Crippen molar-refractivity contribution in [1.29, 1.82) is 0 Å². The van der Waals surface area contributed by atoms with Gasteiger partial charge in [-0.2, -0.15) is 4.31 Å². The van der Waals surface area contributed by atoms with Crippen LogP contribution in [-0.4, -0.2) is 67.6 Å². The molecule has 9 heteroatoms. The van der Waals surface area contributed by atoms with E-state index in [9.17, 15) is 13.2 Å². The lowest BCUT2D eigenvalue weighted by Gasteiger charge is -2.33. The smallest absolute Gasteiger partial charge is 0.317 e. The van der Waals surface area contributed by atoms with Gasteiger partial charge in [-0.3, -0.25) is 0 Å². The molecule has 1 fully saturated rings. The number of carbonyl (C=O) groups excluding carboxylic acids is 1. The Kier molecular flexibility index (Phi) is 7.21. The molecular weight excluding hydrogens is 360 g/mol. The highest BCUT2D eigenvalue weighted by Gasteiger charge is 2.28. The molecule has 0 saturated carbocycles. The molecule has 25 heavy (non-hydrogen) atoms. The van der Waals surface area contributed by atoms with Crippen molar-refractivity contribution in [2.75, 3.05) is 32.9 Å². The molecule has 2 amide bonds. The van der Waals surface area contributed by atoms with Crippen LogP contribution in [-0.2, 0) is 16.4 Å². The SMILES string of the molecule is Cc1ncsc1CCN(C)C(=O)NCC[C@H]1CCCCN1S(C)(=O)=O. The topological polar surface area (TPSA) is 82.6 Å². The molecule has 1 saturated heterocycles. The molecule has 0 unspecified atom stereocenters. The third-order valence-electron chi connectivity index (χ3n) is 4.62. The van der Waals surface area contributed by atoms with Gasteiger partial charge in [0.05, 0.1) is 17.5 Å². The maximum absolute atomic E-state index is 12.2. The van der Waals surface area contributed by atoms with Gasteiger partial charge < -0.3 is 10.2 Å². The van der Waals surface area contributed by atoms with Crippen molar-refractivity contribution in [3.05, 3.63) is 16.1 Å². The van der Waals surface area contributed by atoms with Crippen molar-refractivity contribution in [1.82, 2.24) is 19.5 Å². The number of aryl methyl sites for hydroxylation is 1. The average Bonchev–Trinajstić information content (AvgIpc) is 2.97. The molecule has 1 N–H and O–H groups in total. The highest BCUT2D eigenvalue weighted by molar-refractivity contribution is 7.88. The van der Waals surface area contributed by atoms with Crippen LogP contribution in [0.2, 0.25) is 0 Å². The van der Waals surface area contributed by atoms with Gasteiger partial charge in [0.2, 0.25) is 10.0 Å². The zero-order valence-corrected chi connectivity index (χ0v) is 16.8. The summed E-state index contributed by atoms with van der Waals surface area (Å²) < 4.78 is 25.3. The number of urea groups is 1. The van der Waals surface area contributed by atoms with E-state index in [1.807, 2.05) is 12.4 Å². The van der Waals surface area contributed by atoms with E-state index < -0.39 is 10.0 Å². The number of sulfonamides is 1. The molecule has 1 atom stereocenters. The number of piperidine rings is 1. The highest BCUT2D eigenvalue weighted by Crippen LogP contribution is 2.21. The van der Waals surface area contributed by atoms with Crippen LogP contribution in [0.1, 0.15) is 36.3 Å². The van der Waals surface area contributed by atoms with E-state index >= 15 is 0 Å². The van der Waals surface area contributed by atoms with Crippen LogP contribution < -0.4 is 5.32 Å². The summed E-state index contributed by atoms with van der Waals surface area (Å²) in [6.45, 7) is 3.68. The predicted octanol–water partition coefficient (Wildman–Crippen LogP) is 1.84. The van der Waals surface area contributed by atoms with Crippen molar-refractivity contribution >= 4 is 27.4 Å². The average molecular weight is 389 g/mol. The maximum Gasteiger partial charge on any atom is 0.317 e. The molecule has 0 radical (unpaired) electrons. The number of rotatable bonds is 7. The number of thiazole rings is 1. The van der Waals surface area contributed by atoms with Gasteiger partial charge in [0.15, 0.2) is 0 Å². The summed E-state index contributed by atoms with van der Waals surface area (Å²) in [5, 5.41) is 2.90. The third-order valence-corrected chi connectivity index (χ3v) is 6.95. The molecular formula is C16H28N4O3S2. The van der Waals surface area contributed by atoms with E-state index in [1.165, 1.54) is 11.1 Å². The Bertz CT molecular complexity index is 675. The molecule has 1 aliphatic rings. The second kappa shape index (κ2) is 8.95. The number of likely N-dealkylation sites (N-methyl/N-ethyl adjacent to an activating group) is 1. The molecule has 0 bridgehead atoms. The first-order valence-corrected chi connectivity index (χ1v) is 11.4. The Morgan fingerprint density at radius 1 is 1.48 bits per heavy atom. The standard InChI is InChI=1S/C16H28N4O3S2/c1-13-15(24-12-18-13)8-11-19(2)16(21)17-9-7-14-6-4-5-10-20(14)25(3,22)23/h12,14H,4-11H2,1-3H3,(H,17,21)/t14-/m1/s1.